The van der Waals surface area contributed by atoms with E-state index in [9.17, 15) is 4.79 Å². The topological polar surface area (TPSA) is 41.1 Å². The molecule has 0 saturated heterocycles. The molecule has 15 heavy (non-hydrogen) atoms. The van der Waals surface area contributed by atoms with Gasteiger partial charge in [0.2, 0.25) is 5.91 Å². The summed E-state index contributed by atoms with van der Waals surface area (Å²) in [6.07, 6.45) is 0. The first kappa shape index (κ1) is 12.1. The van der Waals surface area contributed by atoms with E-state index in [4.69, 9.17) is 0 Å². The Morgan fingerprint density at radius 3 is 2.73 bits per heavy atom. The SMILES string of the molecule is CCNSc1ccc(NC(C)=O)c(C)c1. The molecule has 0 bridgehead atoms. The van der Waals surface area contributed by atoms with Crippen LogP contribution in [0.1, 0.15) is 19.4 Å². The van der Waals surface area contributed by atoms with Crippen molar-refractivity contribution >= 4 is 23.5 Å². The number of hydrogen-bond acceptors (Lipinski definition) is 3. The average molecular weight is 224 g/mol. The molecule has 0 unspecified atom stereocenters. The zero-order valence-corrected chi connectivity index (χ0v) is 10.1. The smallest absolute Gasteiger partial charge is 0.221 e. The number of carbonyl (C=O) groups is 1. The highest BCUT2D eigenvalue weighted by atomic mass is 32.2. The summed E-state index contributed by atoms with van der Waals surface area (Å²) >= 11 is 1.60. The van der Waals surface area contributed by atoms with Crippen LogP contribution in [0.2, 0.25) is 0 Å². The second-order valence-corrected chi connectivity index (χ2v) is 4.22. The fraction of sp³-hybridized carbons (Fsp3) is 0.364. The van der Waals surface area contributed by atoms with Crippen molar-refractivity contribution in [1.29, 1.82) is 0 Å². The first-order valence-corrected chi connectivity index (χ1v) is 5.73. The molecule has 2 N–H and O–H groups in total. The van der Waals surface area contributed by atoms with Crippen molar-refractivity contribution in [3.63, 3.8) is 0 Å². The first-order valence-electron chi connectivity index (χ1n) is 4.91. The van der Waals surface area contributed by atoms with Crippen LogP contribution in [-0.2, 0) is 4.79 Å². The fourth-order valence-electron chi connectivity index (χ4n) is 1.19. The van der Waals surface area contributed by atoms with Gasteiger partial charge in [-0.05, 0) is 42.6 Å². The Morgan fingerprint density at radius 1 is 1.47 bits per heavy atom. The Labute approximate surface area is 94.8 Å². The lowest BCUT2D eigenvalue weighted by atomic mass is 10.2. The Morgan fingerprint density at radius 2 is 2.20 bits per heavy atom. The lowest BCUT2D eigenvalue weighted by Gasteiger charge is -2.08. The van der Waals surface area contributed by atoms with Gasteiger partial charge in [0.05, 0.1) is 0 Å². The van der Waals surface area contributed by atoms with Crippen molar-refractivity contribution in [2.24, 2.45) is 0 Å². The second-order valence-electron chi connectivity index (χ2n) is 3.26. The van der Waals surface area contributed by atoms with Crippen molar-refractivity contribution in [2.45, 2.75) is 25.7 Å². The summed E-state index contributed by atoms with van der Waals surface area (Å²) in [5.41, 5.74) is 1.96. The highest BCUT2D eigenvalue weighted by Gasteiger charge is 2.01. The van der Waals surface area contributed by atoms with E-state index < -0.39 is 0 Å². The number of carbonyl (C=O) groups excluding carboxylic acids is 1. The molecule has 0 atom stereocenters. The van der Waals surface area contributed by atoms with Gasteiger partial charge in [-0.25, -0.2) is 0 Å². The van der Waals surface area contributed by atoms with E-state index in [1.807, 2.05) is 19.1 Å². The third kappa shape index (κ3) is 3.93. The summed E-state index contributed by atoms with van der Waals surface area (Å²) in [5, 5.41) is 2.79. The van der Waals surface area contributed by atoms with Gasteiger partial charge in [0.25, 0.3) is 0 Å². The average Bonchev–Trinajstić information content (AvgIpc) is 2.18. The number of nitrogens with one attached hydrogen (secondary N) is 2. The molecular weight excluding hydrogens is 208 g/mol. The number of anilines is 1. The largest absolute Gasteiger partial charge is 0.326 e. The Hall–Kier alpha value is -1.00. The van der Waals surface area contributed by atoms with Crippen LogP contribution in [0.25, 0.3) is 0 Å². The monoisotopic (exact) mass is 224 g/mol. The summed E-state index contributed by atoms with van der Waals surface area (Å²) in [6, 6.07) is 5.97. The molecule has 1 aromatic rings. The third-order valence-corrected chi connectivity index (χ3v) is 2.77. The number of benzene rings is 1. The molecule has 3 nitrogen and oxygen atoms in total. The minimum absolute atomic E-state index is 0.0369. The van der Waals surface area contributed by atoms with E-state index in [-0.39, 0.29) is 5.91 Å². The number of aryl methyl sites for hydroxylation is 1. The molecule has 0 fully saturated rings. The zero-order valence-electron chi connectivity index (χ0n) is 9.26. The maximum Gasteiger partial charge on any atom is 0.221 e. The molecule has 82 valence electrons. The van der Waals surface area contributed by atoms with E-state index in [1.165, 1.54) is 6.92 Å². The molecule has 0 aliphatic heterocycles. The maximum atomic E-state index is 10.9. The third-order valence-electron chi connectivity index (χ3n) is 1.84. The molecular formula is C11H16N2OS. The van der Waals surface area contributed by atoms with Gasteiger partial charge in [-0.15, -0.1) is 0 Å². The Kier molecular flexibility index (Phi) is 4.65. The van der Waals surface area contributed by atoms with E-state index in [0.717, 1.165) is 22.7 Å². The molecule has 1 aromatic carbocycles. The molecule has 0 radical (unpaired) electrons. The second kappa shape index (κ2) is 5.78. The van der Waals surface area contributed by atoms with Gasteiger partial charge in [0, 0.05) is 24.1 Å². The van der Waals surface area contributed by atoms with E-state index in [0.29, 0.717) is 0 Å². The van der Waals surface area contributed by atoms with Crippen LogP contribution < -0.4 is 10.0 Å². The molecule has 0 saturated carbocycles. The molecule has 0 aromatic heterocycles. The molecule has 0 aliphatic rings. The lowest BCUT2D eigenvalue weighted by Crippen LogP contribution is -2.07. The van der Waals surface area contributed by atoms with Crippen molar-refractivity contribution in [3.8, 4) is 0 Å². The van der Waals surface area contributed by atoms with Crippen LogP contribution in [0.4, 0.5) is 5.69 Å². The van der Waals surface area contributed by atoms with Crippen LogP contribution in [0.15, 0.2) is 23.1 Å². The minimum atomic E-state index is -0.0369. The van der Waals surface area contributed by atoms with Gasteiger partial charge < -0.3 is 5.32 Å². The fourth-order valence-corrected chi connectivity index (χ4v) is 1.87. The number of rotatable bonds is 4. The molecule has 1 rings (SSSR count). The van der Waals surface area contributed by atoms with Gasteiger partial charge in [0.15, 0.2) is 0 Å². The van der Waals surface area contributed by atoms with Crippen molar-refractivity contribution in [3.05, 3.63) is 23.8 Å². The van der Waals surface area contributed by atoms with Gasteiger partial charge in [-0.2, -0.15) is 0 Å². The van der Waals surface area contributed by atoms with Crippen molar-refractivity contribution in [1.82, 2.24) is 4.72 Å². The molecule has 0 heterocycles. The van der Waals surface area contributed by atoms with Crippen LogP contribution >= 0.6 is 11.9 Å². The maximum absolute atomic E-state index is 10.9. The predicted octanol–water partition coefficient (Wildman–Crippen LogP) is 2.57. The van der Waals surface area contributed by atoms with Crippen molar-refractivity contribution < 1.29 is 4.79 Å². The quantitative estimate of drug-likeness (QED) is 0.772. The molecule has 0 spiro atoms. The summed E-state index contributed by atoms with van der Waals surface area (Å²) in [4.78, 5) is 12.0. The highest BCUT2D eigenvalue weighted by molar-refractivity contribution is 7.97. The molecule has 4 heteroatoms. The summed E-state index contributed by atoms with van der Waals surface area (Å²) < 4.78 is 3.18. The molecule has 1 amide bonds. The Bertz CT molecular complexity index is 352. The van der Waals surface area contributed by atoms with Crippen LogP contribution in [0, 0.1) is 6.92 Å². The van der Waals surface area contributed by atoms with Crippen molar-refractivity contribution in [2.75, 3.05) is 11.9 Å². The predicted molar refractivity (Wildman–Crippen MR) is 65.0 cm³/mol. The van der Waals surface area contributed by atoms with Crippen LogP contribution in [-0.4, -0.2) is 12.5 Å². The number of hydrogen-bond donors (Lipinski definition) is 2. The minimum Gasteiger partial charge on any atom is -0.326 e. The van der Waals surface area contributed by atoms with Gasteiger partial charge >= 0.3 is 0 Å². The van der Waals surface area contributed by atoms with E-state index >= 15 is 0 Å². The Balaban J connectivity index is 2.74. The first-order chi connectivity index (χ1) is 7.13. The summed E-state index contributed by atoms with van der Waals surface area (Å²) in [7, 11) is 0. The summed E-state index contributed by atoms with van der Waals surface area (Å²) in [6.45, 7) is 6.49. The van der Waals surface area contributed by atoms with Crippen LogP contribution in [0.3, 0.4) is 0 Å². The number of amides is 1. The van der Waals surface area contributed by atoms with E-state index in [1.54, 1.807) is 11.9 Å². The zero-order chi connectivity index (χ0) is 11.3. The molecule has 0 aliphatic carbocycles. The van der Waals surface area contributed by atoms with Crippen LogP contribution in [0.5, 0.6) is 0 Å². The standard InChI is InChI=1S/C11H16N2OS/c1-4-12-15-10-5-6-11(8(2)7-10)13-9(3)14/h5-7,12H,4H2,1-3H3,(H,13,14). The summed E-state index contributed by atoms with van der Waals surface area (Å²) in [5.74, 6) is -0.0369. The van der Waals surface area contributed by atoms with Gasteiger partial charge in [-0.3, -0.25) is 9.52 Å². The van der Waals surface area contributed by atoms with Gasteiger partial charge in [0.1, 0.15) is 0 Å². The highest BCUT2D eigenvalue weighted by Crippen LogP contribution is 2.22. The van der Waals surface area contributed by atoms with Gasteiger partial charge in [-0.1, -0.05) is 6.92 Å². The lowest BCUT2D eigenvalue weighted by molar-refractivity contribution is -0.114. The van der Waals surface area contributed by atoms with E-state index in [2.05, 4.69) is 23.0 Å². The normalized spacial score (nSPS) is 10.1.